The van der Waals surface area contributed by atoms with Crippen molar-refractivity contribution in [2.75, 3.05) is 7.11 Å². The quantitative estimate of drug-likeness (QED) is 0.741. The second-order valence-electron chi connectivity index (χ2n) is 3.39. The van der Waals surface area contributed by atoms with Gasteiger partial charge in [0.25, 0.3) is 0 Å². The van der Waals surface area contributed by atoms with Crippen molar-refractivity contribution in [3.05, 3.63) is 16.1 Å². The highest BCUT2D eigenvalue weighted by molar-refractivity contribution is 7.11. The summed E-state index contributed by atoms with van der Waals surface area (Å²) >= 11 is 1.76. The fourth-order valence-electron chi connectivity index (χ4n) is 1.16. The van der Waals surface area contributed by atoms with E-state index in [0.29, 0.717) is 5.92 Å². The van der Waals surface area contributed by atoms with Crippen LogP contribution in [0.3, 0.4) is 0 Å². The SMILES string of the molecule is CCC(OC)c1ncc(C(C)C)s1. The standard InChI is InChI=1S/C10H17NOS/c1-5-8(12-4)10-11-6-9(13-10)7(2)3/h6-8H,5H2,1-4H3. The number of methoxy groups -OCH3 is 1. The number of hydrogen-bond acceptors (Lipinski definition) is 3. The third kappa shape index (κ3) is 2.51. The van der Waals surface area contributed by atoms with Crippen LogP contribution < -0.4 is 0 Å². The highest BCUT2D eigenvalue weighted by Crippen LogP contribution is 2.28. The van der Waals surface area contributed by atoms with Gasteiger partial charge in [-0.15, -0.1) is 11.3 Å². The van der Waals surface area contributed by atoms with E-state index in [1.165, 1.54) is 4.88 Å². The number of hydrogen-bond donors (Lipinski definition) is 0. The van der Waals surface area contributed by atoms with Crippen molar-refractivity contribution >= 4 is 11.3 Å². The minimum absolute atomic E-state index is 0.178. The lowest BCUT2D eigenvalue weighted by Gasteiger charge is -2.08. The molecule has 0 amide bonds. The highest BCUT2D eigenvalue weighted by Gasteiger charge is 2.13. The van der Waals surface area contributed by atoms with Gasteiger partial charge in [-0.3, -0.25) is 0 Å². The van der Waals surface area contributed by atoms with Crippen LogP contribution in [0.25, 0.3) is 0 Å². The van der Waals surface area contributed by atoms with Crippen molar-refractivity contribution in [1.82, 2.24) is 4.98 Å². The van der Waals surface area contributed by atoms with Crippen LogP contribution in [-0.4, -0.2) is 12.1 Å². The molecule has 1 unspecified atom stereocenters. The highest BCUT2D eigenvalue weighted by atomic mass is 32.1. The van der Waals surface area contributed by atoms with E-state index < -0.39 is 0 Å². The maximum Gasteiger partial charge on any atom is 0.122 e. The zero-order chi connectivity index (χ0) is 9.84. The van der Waals surface area contributed by atoms with E-state index in [2.05, 4.69) is 25.8 Å². The average molecular weight is 199 g/mol. The lowest BCUT2D eigenvalue weighted by atomic mass is 10.2. The molecule has 0 aliphatic carbocycles. The molecule has 13 heavy (non-hydrogen) atoms. The van der Waals surface area contributed by atoms with Crippen LogP contribution in [0.2, 0.25) is 0 Å². The zero-order valence-corrected chi connectivity index (χ0v) is 9.52. The average Bonchev–Trinajstić information content (AvgIpc) is 2.56. The number of rotatable bonds is 4. The monoisotopic (exact) mass is 199 g/mol. The second-order valence-corrected chi connectivity index (χ2v) is 4.48. The minimum Gasteiger partial charge on any atom is -0.374 e. The topological polar surface area (TPSA) is 22.1 Å². The van der Waals surface area contributed by atoms with Crippen molar-refractivity contribution < 1.29 is 4.74 Å². The minimum atomic E-state index is 0.178. The van der Waals surface area contributed by atoms with E-state index in [1.807, 2.05) is 6.20 Å². The van der Waals surface area contributed by atoms with Crippen LogP contribution >= 0.6 is 11.3 Å². The predicted molar refractivity (Wildman–Crippen MR) is 56.2 cm³/mol. The summed E-state index contributed by atoms with van der Waals surface area (Å²) in [6.45, 7) is 6.49. The number of nitrogens with zero attached hydrogens (tertiary/aromatic N) is 1. The molecule has 0 aromatic carbocycles. The lowest BCUT2D eigenvalue weighted by Crippen LogP contribution is -1.97. The molecule has 2 nitrogen and oxygen atoms in total. The molecular weight excluding hydrogens is 182 g/mol. The molecule has 74 valence electrons. The molecule has 1 aromatic heterocycles. The first-order chi connectivity index (χ1) is 6.19. The second kappa shape index (κ2) is 4.72. The van der Waals surface area contributed by atoms with E-state index in [1.54, 1.807) is 18.4 Å². The third-order valence-corrected chi connectivity index (χ3v) is 3.43. The molecule has 0 fully saturated rings. The van der Waals surface area contributed by atoms with Crippen LogP contribution in [0.4, 0.5) is 0 Å². The van der Waals surface area contributed by atoms with Gasteiger partial charge in [0, 0.05) is 18.2 Å². The Morgan fingerprint density at radius 3 is 2.62 bits per heavy atom. The van der Waals surface area contributed by atoms with Crippen molar-refractivity contribution in [2.24, 2.45) is 0 Å². The summed E-state index contributed by atoms with van der Waals surface area (Å²) in [5.41, 5.74) is 0. The molecule has 1 atom stereocenters. The Bertz CT molecular complexity index is 253. The molecule has 1 rings (SSSR count). The Labute approximate surface area is 84.0 Å². The summed E-state index contributed by atoms with van der Waals surface area (Å²) < 4.78 is 5.33. The van der Waals surface area contributed by atoms with E-state index in [-0.39, 0.29) is 6.10 Å². The summed E-state index contributed by atoms with van der Waals surface area (Å²) in [6, 6.07) is 0. The fourth-order valence-corrected chi connectivity index (χ4v) is 2.24. The smallest absolute Gasteiger partial charge is 0.122 e. The van der Waals surface area contributed by atoms with Crippen molar-refractivity contribution in [1.29, 1.82) is 0 Å². The van der Waals surface area contributed by atoms with Crippen molar-refractivity contribution in [2.45, 2.75) is 39.2 Å². The van der Waals surface area contributed by atoms with Crippen LogP contribution in [0.5, 0.6) is 0 Å². The van der Waals surface area contributed by atoms with Gasteiger partial charge in [-0.25, -0.2) is 4.98 Å². The van der Waals surface area contributed by atoms with Gasteiger partial charge in [-0.2, -0.15) is 0 Å². The first-order valence-electron chi connectivity index (χ1n) is 4.67. The Balaban J connectivity index is 2.78. The summed E-state index contributed by atoms with van der Waals surface area (Å²) in [5.74, 6) is 0.570. The molecule has 1 aromatic rings. The van der Waals surface area contributed by atoms with Gasteiger partial charge in [0.1, 0.15) is 11.1 Å². The van der Waals surface area contributed by atoms with Gasteiger partial charge in [0.2, 0.25) is 0 Å². The van der Waals surface area contributed by atoms with Crippen LogP contribution in [0.1, 0.15) is 49.1 Å². The molecule has 1 heterocycles. The first kappa shape index (κ1) is 10.7. The third-order valence-electron chi connectivity index (χ3n) is 2.04. The first-order valence-corrected chi connectivity index (χ1v) is 5.49. The number of ether oxygens (including phenoxy) is 1. The Morgan fingerprint density at radius 1 is 1.54 bits per heavy atom. The van der Waals surface area contributed by atoms with Crippen LogP contribution in [0, 0.1) is 0 Å². The van der Waals surface area contributed by atoms with E-state index in [0.717, 1.165) is 11.4 Å². The number of thiazole rings is 1. The molecule has 0 aliphatic heterocycles. The molecule has 0 radical (unpaired) electrons. The molecule has 0 spiro atoms. The van der Waals surface area contributed by atoms with Crippen molar-refractivity contribution in [3.8, 4) is 0 Å². The largest absolute Gasteiger partial charge is 0.374 e. The molecule has 0 N–H and O–H groups in total. The van der Waals surface area contributed by atoms with Gasteiger partial charge < -0.3 is 4.74 Å². The maximum atomic E-state index is 5.33. The predicted octanol–water partition coefficient (Wildman–Crippen LogP) is 3.36. The summed E-state index contributed by atoms with van der Waals surface area (Å²) in [7, 11) is 1.74. The van der Waals surface area contributed by atoms with Gasteiger partial charge >= 0.3 is 0 Å². The van der Waals surface area contributed by atoms with Crippen LogP contribution in [-0.2, 0) is 4.74 Å². The molecule has 0 bridgehead atoms. The van der Waals surface area contributed by atoms with Crippen LogP contribution in [0.15, 0.2) is 6.20 Å². The maximum absolute atomic E-state index is 5.33. The Hall–Kier alpha value is -0.410. The molecular formula is C10H17NOS. The van der Waals surface area contributed by atoms with Crippen molar-refractivity contribution in [3.63, 3.8) is 0 Å². The van der Waals surface area contributed by atoms with E-state index in [4.69, 9.17) is 4.74 Å². The van der Waals surface area contributed by atoms with Gasteiger partial charge in [-0.05, 0) is 12.3 Å². The van der Waals surface area contributed by atoms with E-state index in [9.17, 15) is 0 Å². The number of aromatic nitrogens is 1. The van der Waals surface area contributed by atoms with Gasteiger partial charge in [0.05, 0.1) is 0 Å². The van der Waals surface area contributed by atoms with Gasteiger partial charge in [-0.1, -0.05) is 20.8 Å². The van der Waals surface area contributed by atoms with Gasteiger partial charge in [0.15, 0.2) is 0 Å². The Morgan fingerprint density at radius 2 is 2.23 bits per heavy atom. The lowest BCUT2D eigenvalue weighted by molar-refractivity contribution is 0.0998. The normalized spacial score (nSPS) is 13.6. The zero-order valence-electron chi connectivity index (χ0n) is 8.70. The Kier molecular flexibility index (Phi) is 3.88. The molecule has 0 saturated heterocycles. The molecule has 0 saturated carbocycles. The summed E-state index contributed by atoms with van der Waals surface area (Å²) in [6.07, 6.45) is 3.13. The molecule has 0 aliphatic rings. The van der Waals surface area contributed by atoms with E-state index >= 15 is 0 Å². The molecule has 3 heteroatoms. The summed E-state index contributed by atoms with van der Waals surface area (Å²) in [4.78, 5) is 5.71. The fraction of sp³-hybridized carbons (Fsp3) is 0.700. The summed E-state index contributed by atoms with van der Waals surface area (Å²) in [5, 5.41) is 1.11.